The van der Waals surface area contributed by atoms with Crippen LogP contribution in [0, 0.1) is 0 Å². The zero-order valence-electron chi connectivity index (χ0n) is 12.9. The van der Waals surface area contributed by atoms with Crippen LogP contribution in [0.1, 0.15) is 11.1 Å². The van der Waals surface area contributed by atoms with Crippen molar-refractivity contribution in [1.82, 2.24) is 14.5 Å². The number of aromatic nitrogens is 3. The lowest BCUT2D eigenvalue weighted by Gasteiger charge is -2.09. The van der Waals surface area contributed by atoms with Gasteiger partial charge in [-0.1, -0.05) is 18.2 Å². The summed E-state index contributed by atoms with van der Waals surface area (Å²) >= 11 is 0. The van der Waals surface area contributed by atoms with Crippen molar-refractivity contribution < 1.29 is 18.0 Å². The molecule has 128 valence electrons. The van der Waals surface area contributed by atoms with Crippen molar-refractivity contribution in [2.24, 2.45) is 0 Å². The van der Waals surface area contributed by atoms with E-state index in [4.69, 9.17) is 0 Å². The minimum atomic E-state index is -4.43. The molecule has 1 amide bonds. The quantitative estimate of drug-likeness (QED) is 0.787. The van der Waals surface area contributed by atoms with Crippen LogP contribution in [0.25, 0.3) is 5.82 Å². The van der Waals surface area contributed by atoms with Gasteiger partial charge in [-0.25, -0.2) is 9.97 Å². The highest BCUT2D eigenvalue weighted by atomic mass is 19.4. The molecule has 0 bridgehead atoms. The number of halogens is 3. The summed E-state index contributed by atoms with van der Waals surface area (Å²) in [6.07, 6.45) is 1.82. The molecule has 0 spiro atoms. The molecular weight excluding hydrogens is 333 g/mol. The lowest BCUT2D eigenvalue weighted by atomic mass is 10.1. The molecule has 0 aliphatic carbocycles. The Balaban J connectivity index is 1.65. The monoisotopic (exact) mass is 346 g/mol. The number of carbonyl (C=O) groups excluding carboxylic acids is 1. The van der Waals surface area contributed by atoms with Gasteiger partial charge in [0.1, 0.15) is 12.1 Å². The number of benzene rings is 1. The minimum Gasteiger partial charge on any atom is -0.324 e. The molecule has 0 saturated carbocycles. The van der Waals surface area contributed by atoms with E-state index in [0.29, 0.717) is 11.5 Å². The summed E-state index contributed by atoms with van der Waals surface area (Å²) in [5.74, 6) is 0.213. The standard InChI is InChI=1S/C17H13F3N4O/c18-17(19,20)13-3-1-2-12(8-13)9-16(25)23-14-4-5-15(22-10-14)24-7-6-21-11-24/h1-8,10-11H,9H2,(H,23,25). The van der Waals surface area contributed by atoms with Crippen molar-refractivity contribution in [3.8, 4) is 5.82 Å². The molecule has 0 fully saturated rings. The first-order chi connectivity index (χ1) is 11.9. The van der Waals surface area contributed by atoms with E-state index in [2.05, 4.69) is 15.3 Å². The highest BCUT2D eigenvalue weighted by molar-refractivity contribution is 5.92. The lowest BCUT2D eigenvalue weighted by molar-refractivity contribution is -0.137. The second-order valence-corrected chi connectivity index (χ2v) is 5.30. The Morgan fingerprint density at radius 3 is 2.68 bits per heavy atom. The molecule has 0 aliphatic heterocycles. The molecule has 2 heterocycles. The van der Waals surface area contributed by atoms with Crippen LogP contribution in [-0.2, 0) is 17.4 Å². The molecule has 1 aromatic carbocycles. The third-order valence-corrected chi connectivity index (χ3v) is 3.42. The van der Waals surface area contributed by atoms with Crippen LogP contribution in [0.2, 0.25) is 0 Å². The normalized spacial score (nSPS) is 11.3. The fourth-order valence-corrected chi connectivity index (χ4v) is 2.26. The first-order valence-corrected chi connectivity index (χ1v) is 7.32. The molecule has 0 saturated heterocycles. The molecule has 3 rings (SSSR count). The fraction of sp³-hybridized carbons (Fsp3) is 0.118. The van der Waals surface area contributed by atoms with Crippen LogP contribution in [0.5, 0.6) is 0 Å². The van der Waals surface area contributed by atoms with Gasteiger partial charge >= 0.3 is 6.18 Å². The summed E-state index contributed by atoms with van der Waals surface area (Å²) in [5.41, 5.74) is -0.0275. The number of pyridine rings is 1. The van der Waals surface area contributed by atoms with Crippen molar-refractivity contribution in [3.05, 3.63) is 72.4 Å². The first-order valence-electron chi connectivity index (χ1n) is 7.32. The van der Waals surface area contributed by atoms with Crippen molar-refractivity contribution in [2.75, 3.05) is 5.32 Å². The maximum Gasteiger partial charge on any atom is 0.416 e. The van der Waals surface area contributed by atoms with Crippen LogP contribution in [0.15, 0.2) is 61.3 Å². The predicted molar refractivity (Wildman–Crippen MR) is 85.1 cm³/mol. The van der Waals surface area contributed by atoms with Crippen LogP contribution in [0.3, 0.4) is 0 Å². The molecule has 0 unspecified atom stereocenters. The highest BCUT2D eigenvalue weighted by Gasteiger charge is 2.30. The van der Waals surface area contributed by atoms with Crippen molar-refractivity contribution in [1.29, 1.82) is 0 Å². The minimum absolute atomic E-state index is 0.160. The van der Waals surface area contributed by atoms with Gasteiger partial charge in [-0.15, -0.1) is 0 Å². The summed E-state index contributed by atoms with van der Waals surface area (Å²) in [6.45, 7) is 0. The van der Waals surface area contributed by atoms with Crippen molar-refractivity contribution >= 4 is 11.6 Å². The van der Waals surface area contributed by atoms with Crippen molar-refractivity contribution in [3.63, 3.8) is 0 Å². The van der Waals surface area contributed by atoms with Gasteiger partial charge in [0.2, 0.25) is 5.91 Å². The van der Waals surface area contributed by atoms with Gasteiger partial charge < -0.3 is 5.32 Å². The summed E-state index contributed by atoms with van der Waals surface area (Å²) in [6, 6.07) is 8.07. The molecule has 1 N–H and O–H groups in total. The summed E-state index contributed by atoms with van der Waals surface area (Å²) < 4.78 is 39.8. The molecule has 8 heteroatoms. The van der Waals surface area contributed by atoms with E-state index in [0.717, 1.165) is 12.1 Å². The number of rotatable bonds is 4. The Kier molecular flexibility index (Phi) is 4.51. The van der Waals surface area contributed by atoms with Gasteiger partial charge in [0.25, 0.3) is 0 Å². The zero-order valence-corrected chi connectivity index (χ0v) is 12.9. The molecule has 2 aromatic heterocycles. The van der Waals surface area contributed by atoms with E-state index >= 15 is 0 Å². The average molecular weight is 346 g/mol. The Morgan fingerprint density at radius 2 is 2.04 bits per heavy atom. The van der Waals surface area contributed by atoms with Gasteiger partial charge in [-0.2, -0.15) is 13.2 Å². The number of hydrogen-bond donors (Lipinski definition) is 1. The summed E-state index contributed by atoms with van der Waals surface area (Å²) in [7, 11) is 0. The van der Waals surface area contributed by atoms with Crippen LogP contribution >= 0.6 is 0 Å². The second-order valence-electron chi connectivity index (χ2n) is 5.30. The number of imidazole rings is 1. The molecule has 3 aromatic rings. The maximum absolute atomic E-state index is 12.7. The maximum atomic E-state index is 12.7. The Hall–Kier alpha value is -3.16. The van der Waals surface area contributed by atoms with Crippen molar-refractivity contribution in [2.45, 2.75) is 12.6 Å². The van der Waals surface area contributed by atoms with Gasteiger partial charge in [0.05, 0.1) is 23.9 Å². The SMILES string of the molecule is O=C(Cc1cccc(C(F)(F)F)c1)Nc1ccc(-n2ccnc2)nc1. The van der Waals surface area contributed by atoms with Gasteiger partial charge in [-0.05, 0) is 23.8 Å². The molecule has 0 atom stereocenters. The highest BCUT2D eigenvalue weighted by Crippen LogP contribution is 2.29. The van der Waals surface area contributed by atoms with E-state index < -0.39 is 17.6 Å². The number of anilines is 1. The number of alkyl halides is 3. The second kappa shape index (κ2) is 6.76. The Bertz CT molecular complexity index is 858. The molecule has 0 radical (unpaired) electrons. The van der Waals surface area contributed by atoms with E-state index in [9.17, 15) is 18.0 Å². The molecule has 0 aliphatic rings. The Labute approximate surface area is 141 Å². The first kappa shape index (κ1) is 16.7. The number of hydrogen-bond acceptors (Lipinski definition) is 3. The topological polar surface area (TPSA) is 59.8 Å². The van der Waals surface area contributed by atoms with Gasteiger partial charge in [-0.3, -0.25) is 9.36 Å². The van der Waals surface area contributed by atoms with Crippen LogP contribution in [-0.4, -0.2) is 20.4 Å². The number of carbonyl (C=O) groups is 1. The molecule has 5 nitrogen and oxygen atoms in total. The zero-order chi connectivity index (χ0) is 17.9. The smallest absolute Gasteiger partial charge is 0.324 e. The van der Waals surface area contributed by atoms with Crippen LogP contribution in [0.4, 0.5) is 18.9 Å². The third kappa shape index (κ3) is 4.23. The molecule has 25 heavy (non-hydrogen) atoms. The average Bonchev–Trinajstić information content (AvgIpc) is 3.09. The van der Waals surface area contributed by atoms with Gasteiger partial charge in [0, 0.05) is 12.4 Å². The fourth-order valence-electron chi connectivity index (χ4n) is 2.26. The lowest BCUT2D eigenvalue weighted by Crippen LogP contribution is -2.15. The van der Waals surface area contributed by atoms with E-state index in [1.807, 2.05) is 0 Å². The number of amides is 1. The van der Waals surface area contributed by atoms with Gasteiger partial charge in [0.15, 0.2) is 0 Å². The number of nitrogens with zero attached hydrogens (tertiary/aromatic N) is 3. The Morgan fingerprint density at radius 1 is 1.20 bits per heavy atom. The molecular formula is C17H13F3N4O. The van der Waals surface area contributed by atoms with E-state index in [-0.39, 0.29) is 12.0 Å². The predicted octanol–water partition coefficient (Wildman–Crippen LogP) is 3.47. The van der Waals surface area contributed by atoms with E-state index in [1.165, 1.54) is 18.3 Å². The van der Waals surface area contributed by atoms with Crippen LogP contribution < -0.4 is 5.32 Å². The van der Waals surface area contributed by atoms with E-state index in [1.54, 1.807) is 35.4 Å². The number of nitrogens with one attached hydrogen (secondary N) is 1. The largest absolute Gasteiger partial charge is 0.416 e. The third-order valence-electron chi connectivity index (χ3n) is 3.42. The summed E-state index contributed by atoms with van der Waals surface area (Å²) in [4.78, 5) is 20.1. The summed E-state index contributed by atoms with van der Waals surface area (Å²) in [5, 5.41) is 2.61.